The minimum atomic E-state index is 0.722. The highest BCUT2D eigenvalue weighted by Gasteiger charge is 2.53. The van der Waals surface area contributed by atoms with Crippen LogP contribution >= 0.6 is 0 Å². The Hall–Kier alpha value is -0.320. The first-order valence-corrected chi connectivity index (χ1v) is 56.8. The molecule has 16 bridgehead atoms. The van der Waals surface area contributed by atoms with Crippen LogP contribution in [0.5, 0.6) is 0 Å². The lowest BCUT2D eigenvalue weighted by atomic mass is 9.49. The largest absolute Gasteiger partial charge is 0.317 e. The van der Waals surface area contributed by atoms with E-state index in [0.717, 1.165) is 166 Å². The zero-order chi connectivity index (χ0) is 82.5. The molecule has 0 aromatic heterocycles. The monoisotopic (exact) mass is 1670 g/mol. The highest BCUT2D eigenvalue weighted by atomic mass is 14.9. The molecule has 120 heavy (non-hydrogen) atoms. The predicted molar refractivity (Wildman–Crippen MR) is 519 cm³/mol. The second-order valence-electron chi connectivity index (χ2n) is 48.0. The fourth-order valence-electron chi connectivity index (χ4n) is 31.6. The molecule has 8 nitrogen and oxygen atoms in total. The number of rotatable bonds is 68. The Bertz CT molecular complexity index is 2320. The normalized spacial score (nSPS) is 36.5. The lowest BCUT2D eigenvalue weighted by molar-refractivity contribution is -0.0513. The van der Waals surface area contributed by atoms with Gasteiger partial charge in [0.1, 0.15) is 0 Å². The van der Waals surface area contributed by atoms with Crippen LogP contribution in [-0.2, 0) is 0 Å². The van der Waals surface area contributed by atoms with Crippen molar-refractivity contribution in [3.63, 3.8) is 0 Å². The van der Waals surface area contributed by atoms with E-state index in [9.17, 15) is 0 Å². The van der Waals surface area contributed by atoms with E-state index < -0.39 is 0 Å². The van der Waals surface area contributed by atoms with Gasteiger partial charge in [0.05, 0.1) is 0 Å². The fraction of sp³-hybridized carbons (Fsp3) is 1.00. The van der Waals surface area contributed by atoms with Gasteiger partial charge in [-0.3, -0.25) is 0 Å². The van der Waals surface area contributed by atoms with Crippen molar-refractivity contribution in [1.82, 2.24) is 42.5 Å². The SMILES string of the molecule is CCCCCCCNC[C@@H]1C[C@H]1CCCCCCNCC12CC3CC(CC(C3)C1)C2.CCCCCCCNC[C@H]1C[C@@H]1CCCCCCNCC1C2CC3CC(C2)CC1C3.CCNCCCCCC[C@@H]1C[C@@H]1CCCCCCNCC1C2CC3CC(C2)CC1C3.CCNCCCCCC[C@H]1C[C@H]1CCCCCCNCC12CC3CC(CC(C3)C1)C2. The third-order valence-electron chi connectivity index (χ3n) is 37.5. The minimum Gasteiger partial charge on any atom is -0.317 e. The zero-order valence-corrected chi connectivity index (χ0v) is 80.8. The van der Waals surface area contributed by atoms with Crippen molar-refractivity contribution in [1.29, 1.82) is 0 Å². The van der Waals surface area contributed by atoms with Gasteiger partial charge in [-0.1, -0.05) is 233 Å². The molecule has 0 amide bonds. The molecule has 0 spiro atoms. The van der Waals surface area contributed by atoms with Crippen LogP contribution in [0.3, 0.4) is 0 Å². The molecule has 20 saturated carbocycles. The summed E-state index contributed by atoms with van der Waals surface area (Å²) in [5.74, 6) is 26.2. The highest BCUT2D eigenvalue weighted by Crippen LogP contribution is 2.63. The van der Waals surface area contributed by atoms with Gasteiger partial charge in [0.25, 0.3) is 0 Å². The first-order valence-electron chi connectivity index (χ1n) is 56.8. The van der Waals surface area contributed by atoms with E-state index in [1.807, 2.05) is 0 Å². The Morgan fingerprint density at radius 2 is 0.392 bits per heavy atom. The van der Waals surface area contributed by atoms with Crippen molar-refractivity contribution in [3.8, 4) is 0 Å². The Morgan fingerprint density at radius 1 is 0.183 bits per heavy atom. The Labute approximate surface area is 747 Å². The molecule has 696 valence electrons. The highest BCUT2D eigenvalue weighted by molar-refractivity contribution is 5.05. The number of hydrogen-bond donors (Lipinski definition) is 8. The second-order valence-corrected chi connectivity index (χ2v) is 48.0. The van der Waals surface area contributed by atoms with Crippen molar-refractivity contribution in [2.75, 3.05) is 105 Å². The van der Waals surface area contributed by atoms with Crippen molar-refractivity contribution in [2.45, 2.75) is 451 Å². The van der Waals surface area contributed by atoms with Crippen molar-refractivity contribution in [3.05, 3.63) is 0 Å². The molecule has 0 aromatic rings. The Morgan fingerprint density at radius 3 is 0.650 bits per heavy atom. The fourth-order valence-corrected chi connectivity index (χ4v) is 31.6. The molecule has 20 aliphatic carbocycles. The molecule has 20 aliphatic rings. The average Bonchev–Trinajstić information content (AvgIpc) is 1.52. The minimum absolute atomic E-state index is 0.722. The summed E-state index contributed by atoms with van der Waals surface area (Å²) < 4.78 is 0. The van der Waals surface area contributed by atoms with Crippen LogP contribution in [-0.4, -0.2) is 105 Å². The molecule has 20 rings (SSSR count). The summed E-state index contributed by atoms with van der Waals surface area (Å²) in [5, 5.41) is 29.8. The number of nitrogens with one attached hydrogen (secondary N) is 8. The van der Waals surface area contributed by atoms with Crippen LogP contribution in [0.1, 0.15) is 451 Å². The van der Waals surface area contributed by atoms with Crippen LogP contribution in [0.25, 0.3) is 0 Å². The van der Waals surface area contributed by atoms with Crippen LogP contribution < -0.4 is 42.5 Å². The molecular formula is C112H208N8. The predicted octanol–water partition coefficient (Wildman–Crippen LogP) is 27.5. The van der Waals surface area contributed by atoms with Gasteiger partial charge in [0, 0.05) is 13.1 Å². The van der Waals surface area contributed by atoms with E-state index in [4.69, 9.17) is 0 Å². The molecule has 0 aliphatic heterocycles. The van der Waals surface area contributed by atoms with Gasteiger partial charge >= 0.3 is 0 Å². The lowest BCUT2D eigenvalue weighted by Crippen LogP contribution is -2.50. The third-order valence-corrected chi connectivity index (χ3v) is 37.5. The first-order chi connectivity index (χ1) is 59.2. The molecule has 0 aromatic carbocycles. The van der Waals surface area contributed by atoms with E-state index in [1.54, 1.807) is 154 Å². The van der Waals surface area contributed by atoms with E-state index in [1.165, 1.54) is 361 Å². The van der Waals surface area contributed by atoms with Crippen molar-refractivity contribution in [2.24, 2.45) is 153 Å². The smallest absolute Gasteiger partial charge is 0.000811 e. The van der Waals surface area contributed by atoms with E-state index >= 15 is 0 Å². The van der Waals surface area contributed by atoms with Crippen LogP contribution in [0, 0.1) is 153 Å². The Balaban J connectivity index is 0.000000138. The van der Waals surface area contributed by atoms with Crippen molar-refractivity contribution < 1.29 is 0 Å². The summed E-state index contributed by atoms with van der Waals surface area (Å²) in [7, 11) is 0. The quantitative estimate of drug-likeness (QED) is 0.0286. The van der Waals surface area contributed by atoms with Crippen LogP contribution in [0.4, 0.5) is 0 Å². The van der Waals surface area contributed by atoms with Crippen LogP contribution in [0.2, 0.25) is 0 Å². The Kier molecular flexibility index (Phi) is 44.1. The summed E-state index contributed by atoms with van der Waals surface area (Å²) in [4.78, 5) is 0. The van der Waals surface area contributed by atoms with Gasteiger partial charge in [-0.05, 0) is 463 Å². The molecule has 8 heteroatoms. The van der Waals surface area contributed by atoms with Gasteiger partial charge in [-0.25, -0.2) is 0 Å². The maximum Gasteiger partial charge on any atom is 0.000811 e. The molecule has 0 saturated heterocycles. The maximum atomic E-state index is 3.90. The molecule has 8 N–H and O–H groups in total. The first kappa shape index (κ1) is 97.2. The topological polar surface area (TPSA) is 96.2 Å². The van der Waals surface area contributed by atoms with Gasteiger partial charge < -0.3 is 42.5 Å². The van der Waals surface area contributed by atoms with Gasteiger partial charge in [-0.15, -0.1) is 0 Å². The standard InChI is InChI=1S/4C28H52N2/c1-2-29-13-9-5-3-7-11-26-18-27(26)12-8-4-6-10-14-30-22-28-19-23-15-24(20-28)17-25(16-23)21-28;1-2-29-13-9-5-3-7-11-24-20-25(24)12-8-4-6-10-14-30-21-28-26-16-22-15-23(18-26)19-27(28)17-22;1-2-3-4-6-9-12-29-21-27-17-26(27)11-8-5-7-10-13-30-22-28-18-23-14-24(19-28)16-25(15-23)20-28;1-2-3-4-6-9-12-29-20-27-19-24(27)11-8-5-7-10-13-30-21-28-25-15-22-14-23(17-25)18-26(28)16-22/h23-27,29-30H,2-22H2,1H3;22-30H,2-21H2,1H3;23-27,29-30H,2-22H2,1H3;22-30H,2-21H2,1H3/t23?,24?,25?,26-,27+,28?;22?,23?,24-,25+,26?,27?,28?;23?,24?,25?,26-,27+,28?;22?,23?,24-,25?,26?,27+,28?/m0110/s1. The molecular weight excluding hydrogens is 1460 g/mol. The van der Waals surface area contributed by atoms with E-state index in [2.05, 4.69) is 70.2 Å². The maximum absolute atomic E-state index is 3.90. The number of unbranched alkanes of at least 4 members (excludes halogenated alkanes) is 26. The molecule has 0 heterocycles. The lowest BCUT2D eigenvalue weighted by Gasteiger charge is -2.57. The summed E-state index contributed by atoms with van der Waals surface area (Å²) in [6.45, 7) is 29.3. The third kappa shape index (κ3) is 34.4. The second kappa shape index (κ2) is 54.5. The molecule has 0 radical (unpaired) electrons. The number of hydrogen-bond acceptors (Lipinski definition) is 8. The van der Waals surface area contributed by atoms with E-state index in [-0.39, 0.29) is 0 Å². The molecule has 20 fully saturated rings. The van der Waals surface area contributed by atoms with Crippen molar-refractivity contribution >= 4 is 0 Å². The summed E-state index contributed by atoms with van der Waals surface area (Å²) in [6, 6.07) is 0. The summed E-state index contributed by atoms with van der Waals surface area (Å²) in [5.41, 5.74) is 1.45. The van der Waals surface area contributed by atoms with Gasteiger partial charge in [0.2, 0.25) is 0 Å². The average molecular weight is 1670 g/mol. The molecule has 0 unspecified atom stereocenters. The zero-order valence-electron chi connectivity index (χ0n) is 80.8. The van der Waals surface area contributed by atoms with Gasteiger partial charge in [-0.2, -0.15) is 0 Å². The molecule has 8 atom stereocenters. The van der Waals surface area contributed by atoms with E-state index in [0.29, 0.717) is 0 Å². The van der Waals surface area contributed by atoms with Crippen LogP contribution in [0.15, 0.2) is 0 Å². The summed E-state index contributed by atoms with van der Waals surface area (Å²) in [6.07, 6.45) is 98.8. The van der Waals surface area contributed by atoms with Gasteiger partial charge in [0.15, 0.2) is 0 Å². The summed E-state index contributed by atoms with van der Waals surface area (Å²) >= 11 is 0.